The van der Waals surface area contributed by atoms with Gasteiger partial charge >= 0.3 is 0 Å². The van der Waals surface area contributed by atoms with Crippen LogP contribution in [0.1, 0.15) is 33.1 Å². The predicted molar refractivity (Wildman–Crippen MR) is 35.1 cm³/mol. The Bertz CT molecular complexity index is 102. The molecule has 1 rings (SSSR count). The molecule has 1 fully saturated rings. The Morgan fingerprint density at radius 3 is 1.44 bits per heavy atom. The van der Waals surface area contributed by atoms with Crippen molar-refractivity contribution < 1.29 is 10.2 Å². The molecule has 2 nitrogen and oxygen atoms in total. The molecule has 2 N–H and O–H groups in total. The van der Waals surface area contributed by atoms with E-state index < -0.39 is 11.2 Å². The third kappa shape index (κ3) is 0.970. The number of aliphatic hydroxyl groups is 2. The van der Waals surface area contributed by atoms with Crippen LogP contribution in [0.25, 0.3) is 0 Å². The number of hydrogen-bond acceptors (Lipinski definition) is 2. The first-order chi connectivity index (χ1) is 3.96. The van der Waals surface area contributed by atoms with Crippen LogP contribution < -0.4 is 0 Å². The molecule has 0 radical (unpaired) electrons. The molecule has 1 aliphatic rings. The molecule has 0 aliphatic heterocycles. The normalized spacial score (nSPS) is 52.0. The Kier molecular flexibility index (Phi) is 1.33. The lowest BCUT2D eigenvalue weighted by molar-refractivity contribution is -0.107. The third-order valence-corrected chi connectivity index (χ3v) is 2.49. The second kappa shape index (κ2) is 1.70. The van der Waals surface area contributed by atoms with Crippen molar-refractivity contribution in [3.8, 4) is 0 Å². The average Bonchev–Trinajstić information content (AvgIpc) is 1.81. The summed E-state index contributed by atoms with van der Waals surface area (Å²) < 4.78 is 0. The lowest BCUT2D eigenvalue weighted by Crippen LogP contribution is -2.44. The highest BCUT2D eigenvalue weighted by Crippen LogP contribution is 2.38. The zero-order valence-electron chi connectivity index (χ0n) is 6.02. The molecule has 0 amide bonds. The quantitative estimate of drug-likeness (QED) is 0.506. The summed E-state index contributed by atoms with van der Waals surface area (Å²) in [4.78, 5) is 0. The van der Waals surface area contributed by atoms with E-state index in [-0.39, 0.29) is 0 Å². The highest BCUT2D eigenvalue weighted by Gasteiger charge is 2.45. The van der Waals surface area contributed by atoms with E-state index in [0.717, 1.165) is 19.3 Å². The van der Waals surface area contributed by atoms with Gasteiger partial charge in [0.2, 0.25) is 0 Å². The second-order valence-electron chi connectivity index (χ2n) is 3.40. The van der Waals surface area contributed by atoms with Crippen LogP contribution >= 0.6 is 0 Å². The molecule has 0 aromatic carbocycles. The van der Waals surface area contributed by atoms with E-state index in [2.05, 4.69) is 0 Å². The summed E-state index contributed by atoms with van der Waals surface area (Å²) in [7, 11) is 0. The standard InChI is InChI=1S/C7H14O2/c1-6(8)4-3-5-7(6,2)9/h8-9H,3-5H2,1-2H3/t6-,7?/m1/s1. The van der Waals surface area contributed by atoms with E-state index in [9.17, 15) is 10.2 Å². The van der Waals surface area contributed by atoms with Crippen LogP contribution in [-0.2, 0) is 0 Å². The average molecular weight is 130 g/mol. The van der Waals surface area contributed by atoms with Crippen molar-refractivity contribution in [1.82, 2.24) is 0 Å². The Morgan fingerprint density at radius 2 is 1.33 bits per heavy atom. The fourth-order valence-electron chi connectivity index (χ4n) is 1.32. The maximum absolute atomic E-state index is 9.47. The summed E-state index contributed by atoms with van der Waals surface area (Å²) in [6, 6.07) is 0. The van der Waals surface area contributed by atoms with Gasteiger partial charge in [-0.05, 0) is 33.1 Å². The summed E-state index contributed by atoms with van der Waals surface area (Å²) in [5, 5.41) is 18.9. The highest BCUT2D eigenvalue weighted by molar-refractivity contribution is 4.98. The molecule has 0 aromatic heterocycles. The molecule has 1 unspecified atom stereocenters. The summed E-state index contributed by atoms with van der Waals surface area (Å²) in [6.45, 7) is 3.39. The van der Waals surface area contributed by atoms with Crippen molar-refractivity contribution in [3.05, 3.63) is 0 Å². The minimum absolute atomic E-state index is 0.722. The van der Waals surface area contributed by atoms with Crippen molar-refractivity contribution in [2.75, 3.05) is 0 Å². The monoisotopic (exact) mass is 130 g/mol. The molecule has 1 aliphatic carbocycles. The van der Waals surface area contributed by atoms with Gasteiger partial charge in [0, 0.05) is 0 Å². The maximum Gasteiger partial charge on any atom is 0.0902 e. The summed E-state index contributed by atoms with van der Waals surface area (Å²) in [6.07, 6.45) is 2.38. The van der Waals surface area contributed by atoms with Gasteiger partial charge in [0.05, 0.1) is 11.2 Å². The van der Waals surface area contributed by atoms with Gasteiger partial charge in [0.1, 0.15) is 0 Å². The summed E-state index contributed by atoms with van der Waals surface area (Å²) in [5.74, 6) is 0. The van der Waals surface area contributed by atoms with E-state index in [1.807, 2.05) is 0 Å². The zero-order chi connectivity index (χ0) is 7.12. The van der Waals surface area contributed by atoms with Gasteiger partial charge in [-0.25, -0.2) is 0 Å². The SMILES string of the molecule is CC1(O)CCC[C@@]1(C)O. The first-order valence-corrected chi connectivity index (χ1v) is 3.40. The second-order valence-corrected chi connectivity index (χ2v) is 3.40. The van der Waals surface area contributed by atoms with Crippen LogP contribution in [0.2, 0.25) is 0 Å². The van der Waals surface area contributed by atoms with E-state index in [4.69, 9.17) is 0 Å². The van der Waals surface area contributed by atoms with E-state index >= 15 is 0 Å². The minimum atomic E-state index is -0.854. The highest BCUT2D eigenvalue weighted by atomic mass is 16.4. The zero-order valence-corrected chi connectivity index (χ0v) is 6.02. The van der Waals surface area contributed by atoms with E-state index in [1.165, 1.54) is 0 Å². The van der Waals surface area contributed by atoms with Crippen LogP contribution in [0.5, 0.6) is 0 Å². The molecule has 2 heteroatoms. The molecule has 54 valence electrons. The van der Waals surface area contributed by atoms with Crippen LogP contribution in [0.15, 0.2) is 0 Å². The van der Waals surface area contributed by atoms with Crippen LogP contribution in [0.4, 0.5) is 0 Å². The van der Waals surface area contributed by atoms with Crippen molar-refractivity contribution in [2.24, 2.45) is 0 Å². The van der Waals surface area contributed by atoms with Gasteiger partial charge in [-0.2, -0.15) is 0 Å². The Morgan fingerprint density at radius 1 is 1.00 bits per heavy atom. The van der Waals surface area contributed by atoms with Crippen molar-refractivity contribution in [2.45, 2.75) is 44.3 Å². The molecule has 0 saturated heterocycles. The van der Waals surface area contributed by atoms with Crippen molar-refractivity contribution in [1.29, 1.82) is 0 Å². The molecule has 0 bridgehead atoms. The Labute approximate surface area is 55.5 Å². The van der Waals surface area contributed by atoms with E-state index in [1.54, 1.807) is 13.8 Å². The van der Waals surface area contributed by atoms with Crippen LogP contribution in [0, 0.1) is 0 Å². The number of rotatable bonds is 0. The summed E-state index contributed by atoms with van der Waals surface area (Å²) in [5.41, 5.74) is -1.71. The van der Waals surface area contributed by atoms with Gasteiger partial charge < -0.3 is 10.2 Å². The van der Waals surface area contributed by atoms with Gasteiger partial charge in [0.25, 0.3) is 0 Å². The van der Waals surface area contributed by atoms with Gasteiger partial charge in [-0.15, -0.1) is 0 Å². The molecule has 0 aromatic rings. The Hall–Kier alpha value is -0.0800. The smallest absolute Gasteiger partial charge is 0.0902 e. The predicted octanol–water partition coefficient (Wildman–Crippen LogP) is 0.672. The topological polar surface area (TPSA) is 40.5 Å². The first-order valence-electron chi connectivity index (χ1n) is 3.40. The van der Waals surface area contributed by atoms with E-state index in [0.29, 0.717) is 0 Å². The summed E-state index contributed by atoms with van der Waals surface area (Å²) >= 11 is 0. The lowest BCUT2D eigenvalue weighted by Gasteiger charge is -2.31. The molecule has 1 saturated carbocycles. The van der Waals surface area contributed by atoms with Gasteiger partial charge in [0.15, 0.2) is 0 Å². The molecule has 0 heterocycles. The number of hydrogen-bond donors (Lipinski definition) is 2. The Balaban J connectivity index is 2.75. The maximum atomic E-state index is 9.47. The fraction of sp³-hybridized carbons (Fsp3) is 1.00. The van der Waals surface area contributed by atoms with Crippen molar-refractivity contribution in [3.63, 3.8) is 0 Å². The van der Waals surface area contributed by atoms with Crippen molar-refractivity contribution >= 4 is 0 Å². The minimum Gasteiger partial charge on any atom is -0.387 e. The fourth-order valence-corrected chi connectivity index (χ4v) is 1.32. The first kappa shape index (κ1) is 7.03. The third-order valence-electron chi connectivity index (χ3n) is 2.49. The molecular weight excluding hydrogens is 116 g/mol. The molecule has 0 spiro atoms. The van der Waals surface area contributed by atoms with Crippen LogP contribution in [-0.4, -0.2) is 21.4 Å². The van der Waals surface area contributed by atoms with Gasteiger partial charge in [-0.3, -0.25) is 0 Å². The van der Waals surface area contributed by atoms with Crippen LogP contribution in [0.3, 0.4) is 0 Å². The molecule has 9 heavy (non-hydrogen) atoms. The largest absolute Gasteiger partial charge is 0.387 e. The lowest BCUT2D eigenvalue weighted by atomic mass is 9.90. The molecule has 2 atom stereocenters. The van der Waals surface area contributed by atoms with Gasteiger partial charge in [-0.1, -0.05) is 0 Å². The molecular formula is C7H14O2.